The topological polar surface area (TPSA) is 75.4 Å². The zero-order chi connectivity index (χ0) is 13.6. The third-order valence-corrected chi connectivity index (χ3v) is 4.63. The molecule has 3 rings (SSSR count). The first-order chi connectivity index (χ1) is 9.00. The van der Waals surface area contributed by atoms with Crippen LogP contribution in [0.25, 0.3) is 0 Å². The third kappa shape index (κ3) is 2.48. The Hall–Kier alpha value is -1.10. The number of carbonyl (C=O) groups is 2. The Balaban J connectivity index is 1.67. The predicted molar refractivity (Wildman–Crippen MR) is 71.2 cm³/mol. The van der Waals surface area contributed by atoms with Gasteiger partial charge in [0.2, 0.25) is 11.8 Å². The molecule has 19 heavy (non-hydrogen) atoms. The standard InChI is InChI=1S/C14H23N3O2/c1-14(15,9-4-5-9)13(19)17-8-2-3-11(17)12(18)16-10-6-7-10/h9-11H,2-8,15H2,1H3,(H,16,18). The van der Waals surface area contributed by atoms with E-state index in [1.165, 1.54) is 0 Å². The molecule has 0 radical (unpaired) electrons. The van der Waals surface area contributed by atoms with Crippen LogP contribution in [0.5, 0.6) is 0 Å². The number of amides is 2. The van der Waals surface area contributed by atoms with E-state index in [0.29, 0.717) is 18.5 Å². The van der Waals surface area contributed by atoms with E-state index in [4.69, 9.17) is 5.73 Å². The molecule has 106 valence electrons. The Morgan fingerprint density at radius 1 is 1.21 bits per heavy atom. The zero-order valence-corrected chi connectivity index (χ0v) is 11.5. The zero-order valence-electron chi connectivity index (χ0n) is 11.5. The van der Waals surface area contributed by atoms with Crippen molar-refractivity contribution in [3.05, 3.63) is 0 Å². The first kappa shape index (κ1) is 12.9. The fourth-order valence-corrected chi connectivity index (χ4v) is 2.97. The number of carbonyl (C=O) groups excluding carboxylic acids is 2. The van der Waals surface area contributed by atoms with E-state index >= 15 is 0 Å². The highest BCUT2D eigenvalue weighted by molar-refractivity contribution is 5.92. The Morgan fingerprint density at radius 2 is 1.89 bits per heavy atom. The van der Waals surface area contributed by atoms with E-state index in [0.717, 1.165) is 38.5 Å². The van der Waals surface area contributed by atoms with E-state index in [9.17, 15) is 9.59 Å². The Morgan fingerprint density at radius 3 is 2.47 bits per heavy atom. The highest BCUT2D eigenvalue weighted by Gasteiger charge is 2.49. The highest BCUT2D eigenvalue weighted by Crippen LogP contribution is 2.40. The number of nitrogens with zero attached hydrogens (tertiary/aromatic N) is 1. The largest absolute Gasteiger partial charge is 0.352 e. The van der Waals surface area contributed by atoms with Gasteiger partial charge in [0.05, 0.1) is 5.54 Å². The van der Waals surface area contributed by atoms with Crippen molar-refractivity contribution < 1.29 is 9.59 Å². The third-order valence-electron chi connectivity index (χ3n) is 4.63. The molecule has 0 spiro atoms. The Bertz CT molecular complexity index is 399. The van der Waals surface area contributed by atoms with Gasteiger partial charge >= 0.3 is 0 Å². The minimum atomic E-state index is -0.789. The summed E-state index contributed by atoms with van der Waals surface area (Å²) >= 11 is 0. The Kier molecular flexibility index (Phi) is 3.04. The molecular formula is C14H23N3O2. The number of nitrogens with one attached hydrogen (secondary N) is 1. The number of likely N-dealkylation sites (tertiary alicyclic amines) is 1. The van der Waals surface area contributed by atoms with Crippen molar-refractivity contribution in [2.24, 2.45) is 11.7 Å². The van der Waals surface area contributed by atoms with Crippen LogP contribution in [0.15, 0.2) is 0 Å². The fraction of sp³-hybridized carbons (Fsp3) is 0.857. The van der Waals surface area contributed by atoms with Crippen LogP contribution in [0.4, 0.5) is 0 Å². The van der Waals surface area contributed by atoms with Crippen LogP contribution < -0.4 is 11.1 Å². The monoisotopic (exact) mass is 265 g/mol. The van der Waals surface area contributed by atoms with Crippen LogP contribution in [0.1, 0.15) is 45.4 Å². The summed E-state index contributed by atoms with van der Waals surface area (Å²) in [5.41, 5.74) is 5.41. The van der Waals surface area contributed by atoms with Gasteiger partial charge in [-0.25, -0.2) is 0 Å². The summed E-state index contributed by atoms with van der Waals surface area (Å²) in [5.74, 6) is 0.274. The molecule has 5 heteroatoms. The van der Waals surface area contributed by atoms with Crippen LogP contribution >= 0.6 is 0 Å². The van der Waals surface area contributed by atoms with Crippen molar-refractivity contribution >= 4 is 11.8 Å². The molecule has 3 aliphatic rings. The first-order valence-corrected chi connectivity index (χ1v) is 7.40. The van der Waals surface area contributed by atoms with Gasteiger partial charge in [0.1, 0.15) is 6.04 Å². The number of rotatable bonds is 4. The van der Waals surface area contributed by atoms with Crippen molar-refractivity contribution in [1.29, 1.82) is 0 Å². The molecule has 2 atom stereocenters. The maximum Gasteiger partial charge on any atom is 0.243 e. The fourth-order valence-electron chi connectivity index (χ4n) is 2.97. The van der Waals surface area contributed by atoms with Crippen LogP contribution in [-0.4, -0.2) is 40.9 Å². The van der Waals surface area contributed by atoms with Gasteiger partial charge in [0, 0.05) is 12.6 Å². The Labute approximate surface area is 113 Å². The summed E-state index contributed by atoms with van der Waals surface area (Å²) in [5, 5.41) is 3.00. The lowest BCUT2D eigenvalue weighted by atomic mass is 9.95. The average Bonchev–Trinajstić information content (AvgIpc) is 3.27. The molecule has 2 amide bonds. The molecule has 0 bridgehead atoms. The minimum absolute atomic E-state index is 0.0138. The number of hydrogen-bond donors (Lipinski definition) is 2. The van der Waals surface area contributed by atoms with Crippen molar-refractivity contribution in [2.45, 2.75) is 63.1 Å². The first-order valence-electron chi connectivity index (χ1n) is 7.40. The molecule has 0 aromatic rings. The molecule has 2 saturated carbocycles. The maximum atomic E-state index is 12.6. The molecule has 2 unspecified atom stereocenters. The minimum Gasteiger partial charge on any atom is -0.352 e. The normalized spacial score (nSPS) is 30.0. The van der Waals surface area contributed by atoms with Gasteiger partial charge in [-0.05, 0) is 51.4 Å². The quantitative estimate of drug-likeness (QED) is 0.772. The lowest BCUT2D eigenvalue weighted by Crippen LogP contribution is -2.58. The van der Waals surface area contributed by atoms with Crippen LogP contribution in [-0.2, 0) is 9.59 Å². The van der Waals surface area contributed by atoms with Gasteiger partial charge in [-0.2, -0.15) is 0 Å². The van der Waals surface area contributed by atoms with Crippen LogP contribution in [0, 0.1) is 5.92 Å². The lowest BCUT2D eigenvalue weighted by Gasteiger charge is -2.32. The molecular weight excluding hydrogens is 242 g/mol. The molecule has 1 saturated heterocycles. The summed E-state index contributed by atoms with van der Waals surface area (Å²) in [6.07, 6.45) is 5.88. The molecule has 5 nitrogen and oxygen atoms in total. The highest BCUT2D eigenvalue weighted by atomic mass is 16.2. The van der Waals surface area contributed by atoms with Crippen molar-refractivity contribution in [2.75, 3.05) is 6.54 Å². The average molecular weight is 265 g/mol. The van der Waals surface area contributed by atoms with Gasteiger partial charge in [-0.3, -0.25) is 9.59 Å². The van der Waals surface area contributed by atoms with Gasteiger partial charge in [-0.1, -0.05) is 0 Å². The molecule has 0 aromatic carbocycles. The van der Waals surface area contributed by atoms with Gasteiger partial charge in [0.25, 0.3) is 0 Å². The van der Waals surface area contributed by atoms with Crippen molar-refractivity contribution in [3.63, 3.8) is 0 Å². The smallest absolute Gasteiger partial charge is 0.243 e. The summed E-state index contributed by atoms with van der Waals surface area (Å²) in [7, 11) is 0. The van der Waals surface area contributed by atoms with E-state index in [1.54, 1.807) is 4.90 Å². The van der Waals surface area contributed by atoms with E-state index < -0.39 is 5.54 Å². The molecule has 2 aliphatic carbocycles. The molecule has 3 fully saturated rings. The summed E-state index contributed by atoms with van der Waals surface area (Å²) in [6, 6.07) is 0.0486. The summed E-state index contributed by atoms with van der Waals surface area (Å²) < 4.78 is 0. The summed E-state index contributed by atoms with van der Waals surface area (Å²) in [6.45, 7) is 2.49. The second kappa shape index (κ2) is 4.47. The summed E-state index contributed by atoms with van der Waals surface area (Å²) in [4.78, 5) is 26.5. The molecule has 0 aromatic heterocycles. The van der Waals surface area contributed by atoms with Crippen molar-refractivity contribution in [3.8, 4) is 0 Å². The van der Waals surface area contributed by atoms with Gasteiger partial charge < -0.3 is 16.0 Å². The van der Waals surface area contributed by atoms with Gasteiger partial charge in [-0.15, -0.1) is 0 Å². The van der Waals surface area contributed by atoms with E-state index in [-0.39, 0.29) is 17.9 Å². The van der Waals surface area contributed by atoms with Crippen molar-refractivity contribution in [1.82, 2.24) is 10.2 Å². The van der Waals surface area contributed by atoms with Gasteiger partial charge in [0.15, 0.2) is 0 Å². The second-order valence-electron chi connectivity index (χ2n) is 6.50. The number of nitrogens with two attached hydrogens (primary N) is 1. The second-order valence-corrected chi connectivity index (χ2v) is 6.50. The lowest BCUT2D eigenvalue weighted by molar-refractivity contribution is -0.142. The van der Waals surface area contributed by atoms with E-state index in [1.807, 2.05) is 6.92 Å². The molecule has 3 N–H and O–H groups in total. The van der Waals surface area contributed by atoms with Crippen LogP contribution in [0.2, 0.25) is 0 Å². The number of hydrogen-bond acceptors (Lipinski definition) is 3. The molecule has 1 aliphatic heterocycles. The maximum absolute atomic E-state index is 12.6. The molecule has 1 heterocycles. The van der Waals surface area contributed by atoms with Crippen LogP contribution in [0.3, 0.4) is 0 Å². The SMILES string of the molecule is CC(N)(C(=O)N1CCCC1C(=O)NC1CC1)C1CC1. The predicted octanol–water partition coefficient (Wildman–Crippen LogP) is 0.383. The van der Waals surface area contributed by atoms with E-state index in [2.05, 4.69) is 5.32 Å².